The van der Waals surface area contributed by atoms with Gasteiger partial charge in [0.1, 0.15) is 6.29 Å². The SMILES string of the molecule is COc1cc(C=O)cc(-c2cc3c(cc2C)C(C)(C)CCC3(C)C)c1OC. The molecule has 0 radical (unpaired) electrons. The second kappa shape index (κ2) is 6.70. The van der Waals surface area contributed by atoms with Gasteiger partial charge in [0.2, 0.25) is 0 Å². The predicted molar refractivity (Wildman–Crippen MR) is 110 cm³/mol. The van der Waals surface area contributed by atoms with E-state index in [2.05, 4.69) is 46.8 Å². The molecule has 3 nitrogen and oxygen atoms in total. The molecular weight excluding hydrogens is 336 g/mol. The smallest absolute Gasteiger partial charge is 0.168 e. The Morgan fingerprint density at radius 2 is 1.44 bits per heavy atom. The number of benzene rings is 2. The highest BCUT2D eigenvalue weighted by molar-refractivity contribution is 5.85. The van der Waals surface area contributed by atoms with Crippen LogP contribution in [0.5, 0.6) is 11.5 Å². The van der Waals surface area contributed by atoms with Crippen LogP contribution in [-0.2, 0) is 10.8 Å². The average Bonchev–Trinajstić information content (AvgIpc) is 2.64. The summed E-state index contributed by atoms with van der Waals surface area (Å²) in [7, 11) is 3.24. The fourth-order valence-corrected chi connectivity index (χ4v) is 4.27. The molecule has 0 fully saturated rings. The number of carbonyl (C=O) groups excluding carboxylic acids is 1. The maximum Gasteiger partial charge on any atom is 0.168 e. The molecule has 2 aromatic rings. The number of carbonyl (C=O) groups is 1. The van der Waals surface area contributed by atoms with Gasteiger partial charge in [-0.25, -0.2) is 0 Å². The summed E-state index contributed by atoms with van der Waals surface area (Å²) in [6, 6.07) is 8.24. The van der Waals surface area contributed by atoms with Gasteiger partial charge in [-0.3, -0.25) is 4.79 Å². The third-order valence-electron chi connectivity index (χ3n) is 6.13. The first kappa shape index (κ1) is 19.5. The quantitative estimate of drug-likeness (QED) is 0.638. The molecule has 0 saturated carbocycles. The number of hydrogen-bond acceptors (Lipinski definition) is 3. The Morgan fingerprint density at radius 1 is 0.852 bits per heavy atom. The molecule has 1 aliphatic rings. The summed E-state index contributed by atoms with van der Waals surface area (Å²) in [5, 5.41) is 0. The van der Waals surface area contributed by atoms with Gasteiger partial charge in [-0.1, -0.05) is 33.8 Å². The Morgan fingerprint density at radius 3 is 1.96 bits per heavy atom. The summed E-state index contributed by atoms with van der Waals surface area (Å²) in [5.41, 5.74) is 6.86. The molecule has 1 aliphatic carbocycles. The van der Waals surface area contributed by atoms with E-state index in [0.717, 1.165) is 23.8 Å². The van der Waals surface area contributed by atoms with E-state index in [9.17, 15) is 4.79 Å². The van der Waals surface area contributed by atoms with Crippen LogP contribution in [0.3, 0.4) is 0 Å². The molecule has 0 N–H and O–H groups in total. The van der Waals surface area contributed by atoms with Gasteiger partial charge in [-0.05, 0) is 71.0 Å². The van der Waals surface area contributed by atoms with Crippen molar-refractivity contribution in [3.63, 3.8) is 0 Å². The van der Waals surface area contributed by atoms with Gasteiger partial charge >= 0.3 is 0 Å². The monoisotopic (exact) mass is 366 g/mol. The number of rotatable bonds is 4. The molecule has 27 heavy (non-hydrogen) atoms. The molecule has 0 heterocycles. The van der Waals surface area contributed by atoms with Gasteiger partial charge in [-0.2, -0.15) is 0 Å². The summed E-state index contributed by atoms with van der Waals surface area (Å²) in [6.07, 6.45) is 3.19. The van der Waals surface area contributed by atoms with E-state index >= 15 is 0 Å². The molecule has 0 aromatic heterocycles. The molecule has 0 bridgehead atoms. The van der Waals surface area contributed by atoms with E-state index in [0.29, 0.717) is 17.1 Å². The van der Waals surface area contributed by atoms with Gasteiger partial charge in [-0.15, -0.1) is 0 Å². The van der Waals surface area contributed by atoms with Crippen molar-refractivity contribution in [2.24, 2.45) is 0 Å². The maximum atomic E-state index is 11.5. The molecular formula is C24H30O3. The third kappa shape index (κ3) is 3.24. The molecule has 2 aromatic carbocycles. The van der Waals surface area contributed by atoms with Gasteiger partial charge < -0.3 is 9.47 Å². The Balaban J connectivity index is 2.33. The molecule has 144 valence electrons. The van der Waals surface area contributed by atoms with Crippen LogP contribution in [-0.4, -0.2) is 20.5 Å². The van der Waals surface area contributed by atoms with Crippen LogP contribution in [0, 0.1) is 6.92 Å². The van der Waals surface area contributed by atoms with E-state index < -0.39 is 0 Å². The number of methoxy groups -OCH3 is 2. The Kier molecular flexibility index (Phi) is 4.83. The number of aldehydes is 1. The fourth-order valence-electron chi connectivity index (χ4n) is 4.27. The minimum Gasteiger partial charge on any atom is -0.493 e. The van der Waals surface area contributed by atoms with E-state index in [1.165, 1.54) is 23.1 Å². The lowest BCUT2D eigenvalue weighted by atomic mass is 9.62. The van der Waals surface area contributed by atoms with Gasteiger partial charge in [0.05, 0.1) is 14.2 Å². The summed E-state index contributed by atoms with van der Waals surface area (Å²) in [4.78, 5) is 11.5. The molecule has 0 aliphatic heterocycles. The first-order chi connectivity index (χ1) is 12.6. The Labute approximate surface area is 162 Å². The zero-order chi connectivity index (χ0) is 20.0. The lowest BCUT2D eigenvalue weighted by Gasteiger charge is -2.42. The van der Waals surface area contributed by atoms with Crippen LogP contribution in [0.2, 0.25) is 0 Å². The molecule has 0 atom stereocenters. The topological polar surface area (TPSA) is 35.5 Å². The number of fused-ring (bicyclic) bond motifs is 1. The highest BCUT2D eigenvalue weighted by atomic mass is 16.5. The molecule has 3 rings (SSSR count). The second-order valence-electron chi connectivity index (χ2n) is 8.90. The lowest BCUT2D eigenvalue weighted by Crippen LogP contribution is -2.34. The molecule has 0 saturated heterocycles. The predicted octanol–water partition coefficient (Wildman–Crippen LogP) is 5.84. The second-order valence-corrected chi connectivity index (χ2v) is 8.90. The molecule has 0 unspecified atom stereocenters. The summed E-state index contributed by atoms with van der Waals surface area (Å²) >= 11 is 0. The van der Waals surface area contributed by atoms with E-state index in [1.807, 2.05) is 6.07 Å². The minimum atomic E-state index is 0.118. The van der Waals surface area contributed by atoms with Crippen LogP contribution in [0.25, 0.3) is 11.1 Å². The van der Waals surface area contributed by atoms with Crippen molar-refractivity contribution in [3.05, 3.63) is 46.5 Å². The average molecular weight is 367 g/mol. The zero-order valence-corrected chi connectivity index (χ0v) is 17.5. The van der Waals surface area contributed by atoms with Crippen LogP contribution >= 0.6 is 0 Å². The summed E-state index contributed by atoms with van der Waals surface area (Å²) in [6.45, 7) is 11.4. The van der Waals surface area contributed by atoms with Gasteiger partial charge in [0, 0.05) is 11.1 Å². The fraction of sp³-hybridized carbons (Fsp3) is 0.458. The molecule has 0 amide bonds. The van der Waals surface area contributed by atoms with Crippen molar-refractivity contribution < 1.29 is 14.3 Å². The normalized spacial score (nSPS) is 17.1. The van der Waals surface area contributed by atoms with Crippen molar-refractivity contribution in [2.45, 2.75) is 58.3 Å². The van der Waals surface area contributed by atoms with Gasteiger partial charge in [0.25, 0.3) is 0 Å². The Bertz CT molecular complexity index is 891. The minimum absolute atomic E-state index is 0.118. The van der Waals surface area contributed by atoms with E-state index in [1.54, 1.807) is 20.3 Å². The van der Waals surface area contributed by atoms with Crippen molar-refractivity contribution >= 4 is 6.29 Å². The van der Waals surface area contributed by atoms with Crippen LogP contribution in [0.1, 0.15) is 67.6 Å². The van der Waals surface area contributed by atoms with Gasteiger partial charge in [0.15, 0.2) is 11.5 Å². The standard InChI is InChI=1S/C24H30O3/c1-15-10-19-20(24(4,5)9-8-23(19,2)3)13-17(15)18-11-16(14-25)12-21(26-6)22(18)27-7/h10-14H,8-9H2,1-7H3. The summed E-state index contributed by atoms with van der Waals surface area (Å²) in [5.74, 6) is 1.24. The highest BCUT2D eigenvalue weighted by Gasteiger charge is 2.37. The molecule has 3 heteroatoms. The largest absolute Gasteiger partial charge is 0.493 e. The number of hydrogen-bond donors (Lipinski definition) is 0. The first-order valence-electron chi connectivity index (χ1n) is 9.52. The van der Waals surface area contributed by atoms with Crippen molar-refractivity contribution in [2.75, 3.05) is 14.2 Å². The van der Waals surface area contributed by atoms with Crippen molar-refractivity contribution in [1.82, 2.24) is 0 Å². The number of aryl methyl sites for hydroxylation is 1. The maximum absolute atomic E-state index is 11.5. The van der Waals surface area contributed by atoms with Crippen molar-refractivity contribution in [1.29, 1.82) is 0 Å². The Hall–Kier alpha value is -2.29. The van der Waals surface area contributed by atoms with E-state index in [4.69, 9.17) is 9.47 Å². The van der Waals surface area contributed by atoms with E-state index in [-0.39, 0.29) is 10.8 Å². The lowest BCUT2D eigenvalue weighted by molar-refractivity contribution is 0.112. The molecule has 0 spiro atoms. The van der Waals surface area contributed by atoms with Crippen LogP contribution in [0.15, 0.2) is 24.3 Å². The third-order valence-corrected chi connectivity index (χ3v) is 6.13. The highest BCUT2D eigenvalue weighted by Crippen LogP contribution is 2.49. The number of ether oxygens (including phenoxy) is 2. The summed E-state index contributed by atoms with van der Waals surface area (Å²) < 4.78 is 11.2. The first-order valence-corrected chi connectivity index (χ1v) is 9.52. The zero-order valence-electron chi connectivity index (χ0n) is 17.5. The van der Waals surface area contributed by atoms with Crippen LogP contribution < -0.4 is 9.47 Å². The van der Waals surface area contributed by atoms with Crippen molar-refractivity contribution in [3.8, 4) is 22.6 Å². The van der Waals surface area contributed by atoms with Crippen LogP contribution in [0.4, 0.5) is 0 Å².